The Hall–Kier alpha value is -1.66. The molecule has 1 amide bonds. The first kappa shape index (κ1) is 11.8. The average Bonchev–Trinajstić information content (AvgIpc) is 2.88. The van der Waals surface area contributed by atoms with E-state index < -0.39 is 5.97 Å². The highest BCUT2D eigenvalue weighted by Gasteiger charge is 2.09. The second-order valence-corrected chi connectivity index (χ2v) is 5.39. The van der Waals surface area contributed by atoms with Crippen molar-refractivity contribution in [3.63, 3.8) is 0 Å². The fraction of sp³-hybridized carbons (Fsp3) is 0.0909. The highest BCUT2D eigenvalue weighted by Crippen LogP contribution is 2.22. The molecule has 88 valence electrons. The molecule has 0 unspecified atom stereocenters. The highest BCUT2D eigenvalue weighted by molar-refractivity contribution is 7.18. The molecule has 0 aromatic carbocycles. The van der Waals surface area contributed by atoms with Gasteiger partial charge in [-0.25, -0.2) is 4.79 Å². The SMILES string of the molecule is O=C(Cc1cccs1)Nc1ccc(C(=O)O)s1. The number of anilines is 1. The van der Waals surface area contributed by atoms with Crippen LogP contribution in [-0.2, 0) is 11.2 Å². The third-order valence-electron chi connectivity index (χ3n) is 1.99. The van der Waals surface area contributed by atoms with E-state index in [1.165, 1.54) is 17.4 Å². The summed E-state index contributed by atoms with van der Waals surface area (Å²) in [7, 11) is 0. The van der Waals surface area contributed by atoms with Crippen LogP contribution < -0.4 is 5.32 Å². The molecule has 0 spiro atoms. The summed E-state index contributed by atoms with van der Waals surface area (Å²) >= 11 is 2.57. The van der Waals surface area contributed by atoms with Gasteiger partial charge in [-0.15, -0.1) is 22.7 Å². The molecule has 2 aromatic heterocycles. The van der Waals surface area contributed by atoms with Gasteiger partial charge in [0.2, 0.25) is 5.91 Å². The number of nitrogens with one attached hydrogen (secondary N) is 1. The first-order valence-corrected chi connectivity index (χ1v) is 6.50. The van der Waals surface area contributed by atoms with Gasteiger partial charge in [0.05, 0.1) is 11.4 Å². The van der Waals surface area contributed by atoms with Gasteiger partial charge in [0.1, 0.15) is 4.88 Å². The maximum absolute atomic E-state index is 11.6. The number of carboxylic acid groups (broad SMARTS) is 1. The predicted octanol–water partition coefficient (Wildman–Crippen LogP) is 2.69. The van der Waals surface area contributed by atoms with Gasteiger partial charge in [-0.2, -0.15) is 0 Å². The van der Waals surface area contributed by atoms with Crippen molar-refractivity contribution in [3.8, 4) is 0 Å². The van der Waals surface area contributed by atoms with Crippen LogP contribution >= 0.6 is 22.7 Å². The van der Waals surface area contributed by atoms with Crippen LogP contribution in [0.15, 0.2) is 29.6 Å². The van der Waals surface area contributed by atoms with E-state index in [1.54, 1.807) is 6.07 Å². The Kier molecular flexibility index (Phi) is 3.55. The standard InChI is InChI=1S/C11H9NO3S2/c13-9(6-7-2-1-5-16-7)12-10-4-3-8(17-10)11(14)15/h1-5H,6H2,(H,12,13)(H,14,15). The molecule has 2 N–H and O–H groups in total. The molecule has 2 rings (SSSR count). The fourth-order valence-electron chi connectivity index (χ4n) is 1.27. The predicted molar refractivity (Wildman–Crippen MR) is 67.9 cm³/mol. The van der Waals surface area contributed by atoms with E-state index in [9.17, 15) is 9.59 Å². The third-order valence-corrected chi connectivity index (χ3v) is 3.86. The summed E-state index contributed by atoms with van der Waals surface area (Å²) in [6.45, 7) is 0. The molecule has 0 aliphatic carbocycles. The van der Waals surface area contributed by atoms with Crippen molar-refractivity contribution in [2.45, 2.75) is 6.42 Å². The lowest BCUT2D eigenvalue weighted by atomic mass is 10.3. The Bertz CT molecular complexity index is 531. The van der Waals surface area contributed by atoms with Crippen LogP contribution in [0.1, 0.15) is 14.5 Å². The minimum absolute atomic E-state index is 0.133. The van der Waals surface area contributed by atoms with Crippen LogP contribution in [0.25, 0.3) is 0 Å². The largest absolute Gasteiger partial charge is 0.477 e. The second-order valence-electron chi connectivity index (χ2n) is 3.27. The van der Waals surface area contributed by atoms with Crippen molar-refractivity contribution in [2.75, 3.05) is 5.32 Å². The number of amides is 1. The summed E-state index contributed by atoms with van der Waals surface area (Å²) in [5.41, 5.74) is 0. The quantitative estimate of drug-likeness (QED) is 0.895. The molecular weight excluding hydrogens is 258 g/mol. The van der Waals surface area contributed by atoms with Gasteiger partial charge in [0.15, 0.2) is 0 Å². The van der Waals surface area contributed by atoms with Gasteiger partial charge in [-0.1, -0.05) is 6.07 Å². The molecule has 0 saturated heterocycles. The Morgan fingerprint density at radius 2 is 2.12 bits per heavy atom. The summed E-state index contributed by atoms with van der Waals surface area (Å²) in [6, 6.07) is 6.86. The molecule has 0 bridgehead atoms. The Labute approximate surface area is 106 Å². The Balaban J connectivity index is 1.96. The van der Waals surface area contributed by atoms with Crippen LogP contribution in [0.3, 0.4) is 0 Å². The van der Waals surface area contributed by atoms with Gasteiger partial charge < -0.3 is 10.4 Å². The van der Waals surface area contributed by atoms with Gasteiger partial charge >= 0.3 is 5.97 Å². The summed E-state index contributed by atoms with van der Waals surface area (Å²) in [6.07, 6.45) is 0.317. The Morgan fingerprint density at radius 3 is 2.71 bits per heavy atom. The van der Waals surface area contributed by atoms with Gasteiger partial charge in [0, 0.05) is 4.88 Å². The lowest BCUT2D eigenvalue weighted by Gasteiger charge is -1.99. The number of carbonyl (C=O) groups is 2. The molecule has 4 nitrogen and oxygen atoms in total. The van der Waals surface area contributed by atoms with Crippen molar-refractivity contribution in [3.05, 3.63) is 39.4 Å². The van der Waals surface area contributed by atoms with Crippen LogP contribution in [0.5, 0.6) is 0 Å². The number of hydrogen-bond acceptors (Lipinski definition) is 4. The monoisotopic (exact) mass is 267 g/mol. The highest BCUT2D eigenvalue weighted by atomic mass is 32.1. The van der Waals surface area contributed by atoms with E-state index >= 15 is 0 Å². The fourth-order valence-corrected chi connectivity index (χ4v) is 2.74. The minimum atomic E-state index is -0.978. The summed E-state index contributed by atoms with van der Waals surface area (Å²) in [5.74, 6) is -1.11. The number of thiophene rings is 2. The first-order chi connectivity index (χ1) is 8.15. The van der Waals surface area contributed by atoms with E-state index in [4.69, 9.17) is 5.11 Å². The Morgan fingerprint density at radius 1 is 1.29 bits per heavy atom. The van der Waals surface area contributed by atoms with E-state index in [1.807, 2.05) is 17.5 Å². The number of rotatable bonds is 4. The maximum atomic E-state index is 11.6. The zero-order valence-electron chi connectivity index (χ0n) is 8.67. The van der Waals surface area contributed by atoms with Crippen molar-refractivity contribution < 1.29 is 14.7 Å². The van der Waals surface area contributed by atoms with Crippen LogP contribution in [0.4, 0.5) is 5.00 Å². The summed E-state index contributed by atoms with van der Waals surface area (Å²) in [5, 5.41) is 13.9. The van der Waals surface area contributed by atoms with Crippen molar-refractivity contribution in [1.82, 2.24) is 0 Å². The van der Waals surface area contributed by atoms with Crippen LogP contribution in [0.2, 0.25) is 0 Å². The topological polar surface area (TPSA) is 66.4 Å². The molecule has 0 aliphatic heterocycles. The molecule has 17 heavy (non-hydrogen) atoms. The molecule has 0 aliphatic rings. The molecule has 2 aromatic rings. The van der Waals surface area contributed by atoms with Gasteiger partial charge in [-0.3, -0.25) is 4.79 Å². The van der Waals surface area contributed by atoms with Crippen molar-refractivity contribution >= 4 is 39.6 Å². The average molecular weight is 267 g/mol. The van der Waals surface area contributed by atoms with E-state index in [-0.39, 0.29) is 10.8 Å². The van der Waals surface area contributed by atoms with E-state index in [0.717, 1.165) is 16.2 Å². The van der Waals surface area contributed by atoms with Crippen LogP contribution in [-0.4, -0.2) is 17.0 Å². The molecular formula is C11H9NO3S2. The van der Waals surface area contributed by atoms with Gasteiger partial charge in [0.25, 0.3) is 0 Å². The zero-order valence-corrected chi connectivity index (χ0v) is 10.3. The smallest absolute Gasteiger partial charge is 0.345 e. The second kappa shape index (κ2) is 5.11. The third kappa shape index (κ3) is 3.15. The maximum Gasteiger partial charge on any atom is 0.345 e. The van der Waals surface area contributed by atoms with Crippen molar-refractivity contribution in [1.29, 1.82) is 0 Å². The molecule has 0 atom stereocenters. The van der Waals surface area contributed by atoms with Crippen LogP contribution in [0, 0.1) is 0 Å². The zero-order chi connectivity index (χ0) is 12.3. The lowest BCUT2D eigenvalue weighted by molar-refractivity contribution is -0.115. The van der Waals surface area contributed by atoms with Gasteiger partial charge in [-0.05, 0) is 23.6 Å². The summed E-state index contributed by atoms with van der Waals surface area (Å²) < 4.78 is 0. The minimum Gasteiger partial charge on any atom is -0.477 e. The molecule has 6 heteroatoms. The molecule has 0 fully saturated rings. The summed E-state index contributed by atoms with van der Waals surface area (Å²) in [4.78, 5) is 23.5. The number of hydrogen-bond donors (Lipinski definition) is 2. The number of carboxylic acids is 1. The van der Waals surface area contributed by atoms with E-state index in [0.29, 0.717) is 11.4 Å². The number of aromatic carboxylic acids is 1. The lowest BCUT2D eigenvalue weighted by Crippen LogP contribution is -2.12. The molecule has 0 saturated carbocycles. The molecule has 2 heterocycles. The molecule has 0 radical (unpaired) electrons. The normalized spacial score (nSPS) is 10.1. The van der Waals surface area contributed by atoms with Crippen molar-refractivity contribution in [2.24, 2.45) is 0 Å². The number of carbonyl (C=O) groups excluding carboxylic acids is 1. The van der Waals surface area contributed by atoms with E-state index in [2.05, 4.69) is 5.32 Å². The first-order valence-electron chi connectivity index (χ1n) is 4.80.